The monoisotopic (exact) mass is 645 g/mol. The van der Waals surface area contributed by atoms with Crippen molar-refractivity contribution >= 4 is 23.8 Å². The molecule has 1 amide bonds. The van der Waals surface area contributed by atoms with Crippen LogP contribution in [0.1, 0.15) is 169 Å². The summed E-state index contributed by atoms with van der Waals surface area (Å²) in [6.45, 7) is 11.6. The van der Waals surface area contributed by atoms with Gasteiger partial charge in [-0.15, -0.1) is 0 Å². The first-order chi connectivity index (χ1) is 21.7. The maximum absolute atomic E-state index is 11.7. The minimum Gasteiger partial charge on any atom is -0.550 e. The lowest BCUT2D eigenvalue weighted by Gasteiger charge is -2.15. The van der Waals surface area contributed by atoms with E-state index in [1.165, 1.54) is 51.5 Å². The van der Waals surface area contributed by atoms with E-state index in [2.05, 4.69) is 40.1 Å². The minimum atomic E-state index is -1.01. The van der Waals surface area contributed by atoms with Crippen molar-refractivity contribution in [3.05, 3.63) is 0 Å². The van der Waals surface area contributed by atoms with Crippen LogP contribution < -0.4 is 10.4 Å². The highest BCUT2D eigenvalue weighted by molar-refractivity contribution is 5.75. The zero-order valence-electron chi connectivity index (χ0n) is 30.3. The van der Waals surface area contributed by atoms with Crippen molar-refractivity contribution < 1.29 is 39.1 Å². The van der Waals surface area contributed by atoms with Crippen LogP contribution in [0.4, 0.5) is 0 Å². The molecule has 0 aromatic carbocycles. The number of carboxylic acid groups (broad SMARTS) is 1. The fourth-order valence-electron chi connectivity index (χ4n) is 4.31. The van der Waals surface area contributed by atoms with Crippen molar-refractivity contribution in [2.24, 2.45) is 0 Å². The second-order valence-corrected chi connectivity index (χ2v) is 11.8. The molecule has 0 fully saturated rings. The Hall–Kier alpha value is -2.16. The Morgan fingerprint density at radius 2 is 0.978 bits per heavy atom. The van der Waals surface area contributed by atoms with Crippen LogP contribution in [0.25, 0.3) is 0 Å². The Labute approximate surface area is 277 Å². The third-order valence-corrected chi connectivity index (χ3v) is 7.12. The third kappa shape index (κ3) is 44.0. The second-order valence-electron chi connectivity index (χ2n) is 11.8. The van der Waals surface area contributed by atoms with Gasteiger partial charge in [-0.05, 0) is 70.6 Å². The summed E-state index contributed by atoms with van der Waals surface area (Å²) in [5, 5.41) is 12.3. The Bertz CT molecular complexity index is 672. The molecule has 0 unspecified atom stereocenters. The van der Waals surface area contributed by atoms with Gasteiger partial charge in [-0.25, -0.2) is 0 Å². The molecule has 0 atom stereocenters. The van der Waals surface area contributed by atoms with E-state index < -0.39 is 5.97 Å². The maximum atomic E-state index is 11.7. The zero-order valence-corrected chi connectivity index (χ0v) is 30.3. The number of ether oxygens (including phenoxy) is 2. The normalized spacial score (nSPS) is 10.2. The van der Waals surface area contributed by atoms with E-state index in [1.54, 1.807) is 4.90 Å². The quantitative estimate of drug-likeness (QED) is 0.0804. The van der Waals surface area contributed by atoms with Crippen molar-refractivity contribution in [1.82, 2.24) is 4.90 Å². The van der Waals surface area contributed by atoms with Crippen LogP contribution in [0.15, 0.2) is 0 Å². The predicted molar refractivity (Wildman–Crippen MR) is 182 cm³/mol. The molecule has 0 bridgehead atoms. The number of aliphatic carboxylic acids is 1. The summed E-state index contributed by atoms with van der Waals surface area (Å²) >= 11 is 0. The van der Waals surface area contributed by atoms with Gasteiger partial charge in [0.15, 0.2) is 0 Å². The lowest BCUT2D eigenvalue weighted by molar-refractivity contribution is -0.626. The molecule has 0 aromatic heterocycles. The predicted octanol–water partition coefficient (Wildman–Crippen LogP) is 6.11. The van der Waals surface area contributed by atoms with E-state index >= 15 is 0 Å². The topological polar surface area (TPSA) is 130 Å². The number of nitrogens with zero attached hydrogens (tertiary/aromatic N) is 1. The van der Waals surface area contributed by atoms with Gasteiger partial charge in [-0.2, -0.15) is 0 Å². The molecule has 268 valence electrons. The molecule has 9 heteroatoms. The Kier molecular flexibility index (Phi) is 41.9. The van der Waals surface area contributed by atoms with Gasteiger partial charge in [0.05, 0.1) is 26.8 Å². The van der Waals surface area contributed by atoms with Gasteiger partial charge in [0, 0.05) is 38.8 Å². The summed E-state index contributed by atoms with van der Waals surface area (Å²) in [6, 6.07) is 0. The molecular formula is C36H72N2O7. The van der Waals surface area contributed by atoms with Crippen LogP contribution in [0.2, 0.25) is 0 Å². The first-order valence-corrected chi connectivity index (χ1v) is 18.2. The fraction of sp³-hybridized carbons (Fsp3) is 0.889. The number of unbranched alkanes of at least 4 members (excludes halogenated alkanes) is 12. The van der Waals surface area contributed by atoms with Gasteiger partial charge in [-0.1, -0.05) is 79.1 Å². The van der Waals surface area contributed by atoms with Crippen LogP contribution in [0, 0.1) is 0 Å². The van der Waals surface area contributed by atoms with Crippen molar-refractivity contribution in [3.8, 4) is 0 Å². The first kappa shape index (κ1) is 47.2. The third-order valence-electron chi connectivity index (χ3n) is 7.12. The first-order valence-electron chi connectivity index (χ1n) is 18.2. The number of nitrogens with two attached hydrogens (primary N) is 1. The lowest BCUT2D eigenvalue weighted by atomic mass is 10.1. The van der Waals surface area contributed by atoms with E-state index in [4.69, 9.17) is 9.47 Å². The highest BCUT2D eigenvalue weighted by Gasteiger charge is 2.07. The van der Waals surface area contributed by atoms with Crippen LogP contribution in [0.5, 0.6) is 0 Å². The molecule has 9 nitrogen and oxygen atoms in total. The molecule has 0 aliphatic heterocycles. The van der Waals surface area contributed by atoms with E-state index in [0.29, 0.717) is 38.9 Å². The molecule has 0 aliphatic rings. The largest absolute Gasteiger partial charge is 0.550 e. The number of hydrogen-bond acceptors (Lipinski definition) is 7. The summed E-state index contributed by atoms with van der Waals surface area (Å²) in [5.74, 6) is -1.01. The number of hydrogen-bond donors (Lipinski definition) is 1. The summed E-state index contributed by atoms with van der Waals surface area (Å²) in [6.07, 6.45) is 20.1. The average Bonchev–Trinajstić information content (AvgIpc) is 3.01. The lowest BCUT2D eigenvalue weighted by Crippen LogP contribution is -2.79. The number of quaternary nitrogens is 1. The van der Waals surface area contributed by atoms with Gasteiger partial charge in [0.2, 0.25) is 5.91 Å². The highest BCUT2D eigenvalue weighted by atomic mass is 16.5. The van der Waals surface area contributed by atoms with Gasteiger partial charge < -0.3 is 29.6 Å². The highest BCUT2D eigenvalue weighted by Crippen LogP contribution is 2.08. The van der Waals surface area contributed by atoms with Crippen molar-refractivity contribution in [2.75, 3.05) is 40.4 Å². The van der Waals surface area contributed by atoms with Crippen LogP contribution >= 0.6 is 0 Å². The molecule has 0 rings (SSSR count). The Morgan fingerprint density at radius 3 is 1.36 bits per heavy atom. The smallest absolute Gasteiger partial charge is 0.305 e. The summed E-state index contributed by atoms with van der Waals surface area (Å²) in [5.41, 5.74) is 0. The van der Waals surface area contributed by atoms with E-state index in [1.807, 2.05) is 7.05 Å². The molecule has 0 radical (unpaired) electrons. The van der Waals surface area contributed by atoms with Gasteiger partial charge in [0.25, 0.3) is 0 Å². The molecule has 0 heterocycles. The van der Waals surface area contributed by atoms with E-state index in [9.17, 15) is 24.3 Å². The molecule has 0 saturated heterocycles. The van der Waals surface area contributed by atoms with Crippen LogP contribution in [0.3, 0.4) is 0 Å². The molecule has 0 saturated carbocycles. The van der Waals surface area contributed by atoms with Gasteiger partial charge >= 0.3 is 11.9 Å². The zero-order chi connectivity index (χ0) is 34.4. The molecule has 0 aliphatic carbocycles. The Morgan fingerprint density at radius 1 is 0.556 bits per heavy atom. The SMILES string of the molecule is CCCCCCCC(=O)OCCCCCC(=O)N(C)CCC.CCCCCCCC(=O)OCCCCCC(=O)[O-].CCC[NH2+]C. The standard InChI is InChI=1S/C18H35NO3.C14H26O4.C4H11N/c1-4-6-7-8-11-14-18(21)22-16-12-9-10-13-17(20)19(3)15-5-2;1-2-3-4-5-8-11-14(17)18-12-9-6-7-10-13(15)16;1-3-4-5-2/h4-16H2,1-3H3;2-12H2,1H3,(H,15,16);5H,3-4H2,1-2H3. The molecule has 2 N–H and O–H groups in total. The molecule has 45 heavy (non-hydrogen) atoms. The van der Waals surface area contributed by atoms with Crippen LogP contribution in [-0.2, 0) is 28.7 Å². The number of carboxylic acids is 1. The summed E-state index contributed by atoms with van der Waals surface area (Å²) < 4.78 is 10.3. The minimum absolute atomic E-state index is 0.0738. The summed E-state index contributed by atoms with van der Waals surface area (Å²) in [7, 11) is 3.94. The second kappa shape index (κ2) is 39.9. The van der Waals surface area contributed by atoms with Crippen molar-refractivity contribution in [2.45, 2.75) is 169 Å². The van der Waals surface area contributed by atoms with E-state index in [-0.39, 0.29) is 24.3 Å². The number of carbonyl (C=O) groups is 4. The van der Waals surface area contributed by atoms with Gasteiger partial charge in [0.1, 0.15) is 0 Å². The van der Waals surface area contributed by atoms with E-state index in [0.717, 1.165) is 70.8 Å². The van der Waals surface area contributed by atoms with Gasteiger partial charge in [-0.3, -0.25) is 14.4 Å². The number of carbonyl (C=O) groups excluding carboxylic acids is 4. The number of esters is 2. The Balaban J connectivity index is -0.000000690. The molecular weight excluding hydrogens is 572 g/mol. The molecule has 0 spiro atoms. The van der Waals surface area contributed by atoms with Crippen molar-refractivity contribution in [3.63, 3.8) is 0 Å². The average molecular weight is 645 g/mol. The van der Waals surface area contributed by atoms with Crippen molar-refractivity contribution in [1.29, 1.82) is 0 Å². The van der Waals surface area contributed by atoms with Crippen LogP contribution in [-0.4, -0.2) is 69.1 Å². The maximum Gasteiger partial charge on any atom is 0.305 e. The number of rotatable bonds is 28. The molecule has 0 aromatic rings. The summed E-state index contributed by atoms with van der Waals surface area (Å²) in [4.78, 5) is 46.4. The fourth-order valence-corrected chi connectivity index (χ4v) is 4.31. The number of amides is 1.